The van der Waals surface area contributed by atoms with Gasteiger partial charge in [-0.1, -0.05) is 32.0 Å². The SMILES string of the molecule is CC(C)c1nc(Nc2ccccc2)nc(Nc2nc3[nH]cnc3c(=O)[nH]2)n1. The van der Waals surface area contributed by atoms with Crippen LogP contribution in [0.4, 0.5) is 23.5 Å². The lowest BCUT2D eigenvalue weighted by Gasteiger charge is -2.11. The highest BCUT2D eigenvalue weighted by molar-refractivity contribution is 5.70. The largest absolute Gasteiger partial charge is 0.329 e. The summed E-state index contributed by atoms with van der Waals surface area (Å²) in [6.45, 7) is 3.98. The molecule has 0 unspecified atom stereocenters. The van der Waals surface area contributed by atoms with Gasteiger partial charge in [0.15, 0.2) is 11.2 Å². The Kier molecular flexibility index (Phi) is 4.21. The van der Waals surface area contributed by atoms with Crippen molar-refractivity contribution in [1.82, 2.24) is 34.9 Å². The van der Waals surface area contributed by atoms with Gasteiger partial charge in [0.2, 0.25) is 17.8 Å². The molecule has 0 aliphatic rings. The van der Waals surface area contributed by atoms with Gasteiger partial charge in [0.1, 0.15) is 5.82 Å². The first kappa shape index (κ1) is 16.6. The highest BCUT2D eigenvalue weighted by Gasteiger charge is 2.12. The molecule has 0 amide bonds. The smallest absolute Gasteiger partial charge is 0.280 e. The Bertz CT molecular complexity index is 1130. The van der Waals surface area contributed by atoms with Crippen LogP contribution in [0.15, 0.2) is 41.5 Å². The Morgan fingerprint density at radius 1 is 0.963 bits per heavy atom. The van der Waals surface area contributed by atoms with E-state index < -0.39 is 0 Å². The van der Waals surface area contributed by atoms with E-state index >= 15 is 0 Å². The lowest BCUT2D eigenvalue weighted by atomic mass is 10.2. The summed E-state index contributed by atoms with van der Waals surface area (Å²) >= 11 is 0. The zero-order valence-electron chi connectivity index (χ0n) is 14.7. The van der Waals surface area contributed by atoms with Crippen LogP contribution >= 0.6 is 0 Å². The fourth-order valence-electron chi connectivity index (χ4n) is 2.42. The molecule has 4 N–H and O–H groups in total. The Labute approximate surface area is 153 Å². The van der Waals surface area contributed by atoms with Crippen molar-refractivity contribution in [2.24, 2.45) is 0 Å². The molecule has 0 bridgehead atoms. The van der Waals surface area contributed by atoms with Crippen LogP contribution in [-0.2, 0) is 0 Å². The van der Waals surface area contributed by atoms with Crippen LogP contribution in [0.5, 0.6) is 0 Å². The molecule has 3 heterocycles. The molecule has 0 atom stereocenters. The number of H-pyrrole nitrogens is 2. The second-order valence-electron chi connectivity index (χ2n) is 6.13. The van der Waals surface area contributed by atoms with Gasteiger partial charge in [-0.25, -0.2) is 4.98 Å². The summed E-state index contributed by atoms with van der Waals surface area (Å²) in [6.07, 6.45) is 1.42. The molecule has 136 valence electrons. The normalized spacial score (nSPS) is 11.1. The third-order valence-corrected chi connectivity index (χ3v) is 3.72. The molecular formula is C17H17N9O. The number of para-hydroxylation sites is 1. The minimum atomic E-state index is -0.357. The molecule has 0 fully saturated rings. The van der Waals surface area contributed by atoms with Gasteiger partial charge in [-0.05, 0) is 12.1 Å². The van der Waals surface area contributed by atoms with Crippen molar-refractivity contribution in [3.8, 4) is 0 Å². The van der Waals surface area contributed by atoms with Gasteiger partial charge in [0, 0.05) is 11.6 Å². The Hall–Kier alpha value is -3.82. The van der Waals surface area contributed by atoms with E-state index in [0.717, 1.165) is 5.69 Å². The molecule has 0 radical (unpaired) electrons. The van der Waals surface area contributed by atoms with Crippen molar-refractivity contribution in [2.75, 3.05) is 10.6 Å². The molecule has 10 nitrogen and oxygen atoms in total. The third kappa shape index (κ3) is 3.59. The standard InChI is InChI=1S/C17H17N9O/c1-9(2)12-21-15(20-10-6-4-3-5-7-10)25-17(22-12)26-16-23-13-11(14(27)24-16)18-8-19-13/h3-9H,1-2H3,(H4,18,19,20,21,22,23,24,25,26,27). The second kappa shape index (κ2) is 6.83. The fraction of sp³-hybridized carbons (Fsp3) is 0.176. The number of benzene rings is 1. The van der Waals surface area contributed by atoms with Gasteiger partial charge >= 0.3 is 0 Å². The van der Waals surface area contributed by atoms with Crippen LogP contribution in [0.3, 0.4) is 0 Å². The van der Waals surface area contributed by atoms with E-state index in [9.17, 15) is 4.79 Å². The van der Waals surface area contributed by atoms with Crippen LogP contribution < -0.4 is 16.2 Å². The first-order chi connectivity index (χ1) is 13.1. The average molecular weight is 363 g/mol. The van der Waals surface area contributed by atoms with E-state index in [0.29, 0.717) is 17.4 Å². The molecule has 0 spiro atoms. The van der Waals surface area contributed by atoms with Crippen molar-refractivity contribution < 1.29 is 0 Å². The van der Waals surface area contributed by atoms with Crippen LogP contribution in [-0.4, -0.2) is 34.9 Å². The number of hydrogen-bond donors (Lipinski definition) is 4. The maximum absolute atomic E-state index is 12.1. The summed E-state index contributed by atoms with van der Waals surface area (Å²) in [5.74, 6) is 1.58. The molecule has 0 saturated heterocycles. The summed E-state index contributed by atoms with van der Waals surface area (Å²) in [7, 11) is 0. The lowest BCUT2D eigenvalue weighted by molar-refractivity contribution is 0.766. The zero-order valence-corrected chi connectivity index (χ0v) is 14.7. The average Bonchev–Trinajstić information content (AvgIpc) is 3.11. The highest BCUT2D eigenvalue weighted by Crippen LogP contribution is 2.18. The zero-order chi connectivity index (χ0) is 18.8. The van der Waals surface area contributed by atoms with Crippen LogP contribution in [0, 0.1) is 0 Å². The van der Waals surface area contributed by atoms with E-state index in [1.807, 2.05) is 44.2 Å². The molecule has 1 aromatic carbocycles. The third-order valence-electron chi connectivity index (χ3n) is 3.72. The van der Waals surface area contributed by atoms with Crippen LogP contribution in [0.25, 0.3) is 11.2 Å². The molecular weight excluding hydrogens is 346 g/mol. The lowest BCUT2D eigenvalue weighted by Crippen LogP contribution is -2.14. The number of nitrogens with zero attached hydrogens (tertiary/aromatic N) is 5. The Morgan fingerprint density at radius 2 is 1.70 bits per heavy atom. The van der Waals surface area contributed by atoms with E-state index in [2.05, 4.69) is 45.5 Å². The van der Waals surface area contributed by atoms with Crippen molar-refractivity contribution in [3.63, 3.8) is 0 Å². The highest BCUT2D eigenvalue weighted by atomic mass is 16.1. The van der Waals surface area contributed by atoms with Crippen molar-refractivity contribution >= 4 is 34.7 Å². The van der Waals surface area contributed by atoms with E-state index in [1.165, 1.54) is 6.33 Å². The first-order valence-corrected chi connectivity index (χ1v) is 8.37. The van der Waals surface area contributed by atoms with Crippen molar-refractivity contribution in [3.05, 3.63) is 52.8 Å². The maximum Gasteiger partial charge on any atom is 0.280 e. The topological polar surface area (TPSA) is 137 Å². The number of aromatic nitrogens is 7. The number of imidazole rings is 1. The summed E-state index contributed by atoms with van der Waals surface area (Å²) < 4.78 is 0. The molecule has 4 aromatic rings. The first-order valence-electron chi connectivity index (χ1n) is 8.37. The number of aromatic amines is 2. The van der Waals surface area contributed by atoms with Crippen LogP contribution in [0.1, 0.15) is 25.6 Å². The molecule has 0 saturated carbocycles. The molecule has 3 aromatic heterocycles. The van der Waals surface area contributed by atoms with Crippen molar-refractivity contribution in [2.45, 2.75) is 19.8 Å². The minimum absolute atomic E-state index is 0.0898. The monoisotopic (exact) mass is 363 g/mol. The predicted octanol–water partition coefficient (Wildman–Crippen LogP) is 2.44. The quantitative estimate of drug-likeness (QED) is 0.424. The number of anilines is 4. The summed E-state index contributed by atoms with van der Waals surface area (Å²) in [6, 6.07) is 9.59. The number of rotatable bonds is 5. The number of nitrogens with one attached hydrogen (secondary N) is 4. The van der Waals surface area contributed by atoms with Gasteiger partial charge in [-0.3, -0.25) is 15.1 Å². The van der Waals surface area contributed by atoms with Gasteiger partial charge in [0.05, 0.1) is 6.33 Å². The Balaban J connectivity index is 1.69. The van der Waals surface area contributed by atoms with Crippen LogP contribution in [0.2, 0.25) is 0 Å². The van der Waals surface area contributed by atoms with Gasteiger partial charge in [-0.15, -0.1) is 0 Å². The summed E-state index contributed by atoms with van der Waals surface area (Å²) in [5, 5.41) is 6.08. The van der Waals surface area contributed by atoms with Gasteiger partial charge < -0.3 is 10.3 Å². The molecule has 4 rings (SSSR count). The van der Waals surface area contributed by atoms with E-state index in [4.69, 9.17) is 0 Å². The Morgan fingerprint density at radius 3 is 2.44 bits per heavy atom. The summed E-state index contributed by atoms with van der Waals surface area (Å²) in [4.78, 5) is 38.9. The van der Waals surface area contributed by atoms with Crippen molar-refractivity contribution in [1.29, 1.82) is 0 Å². The van der Waals surface area contributed by atoms with Gasteiger partial charge in [-0.2, -0.15) is 19.9 Å². The number of fused-ring (bicyclic) bond motifs is 1. The molecule has 0 aliphatic carbocycles. The van der Waals surface area contributed by atoms with E-state index in [-0.39, 0.29) is 28.9 Å². The second-order valence-corrected chi connectivity index (χ2v) is 6.13. The van der Waals surface area contributed by atoms with Gasteiger partial charge in [0.25, 0.3) is 5.56 Å². The predicted molar refractivity (Wildman–Crippen MR) is 101 cm³/mol. The number of hydrogen-bond acceptors (Lipinski definition) is 8. The molecule has 0 aliphatic heterocycles. The molecule has 10 heteroatoms. The fourth-order valence-corrected chi connectivity index (χ4v) is 2.42. The summed E-state index contributed by atoms with van der Waals surface area (Å²) in [5.41, 5.74) is 1.12. The minimum Gasteiger partial charge on any atom is -0.329 e. The maximum atomic E-state index is 12.1. The van der Waals surface area contributed by atoms with E-state index in [1.54, 1.807) is 0 Å². The molecule has 27 heavy (non-hydrogen) atoms.